The number of amides is 3. The molecule has 9 N–H and O–H groups in total. The number of imidazole rings is 2. The first-order valence-corrected chi connectivity index (χ1v) is 18.7. The number of primary amides is 1. The lowest BCUT2D eigenvalue weighted by molar-refractivity contribution is -0.131. The fourth-order valence-corrected chi connectivity index (χ4v) is 6.32. The molecule has 2 aromatic heterocycles. The van der Waals surface area contributed by atoms with Gasteiger partial charge in [0.15, 0.2) is 0 Å². The summed E-state index contributed by atoms with van der Waals surface area (Å²) in [6.45, 7) is 4.47. The van der Waals surface area contributed by atoms with Crippen LogP contribution in [0.15, 0.2) is 58.6 Å². The van der Waals surface area contributed by atoms with Crippen molar-refractivity contribution in [3.8, 4) is 34.0 Å². The molecule has 2 unspecified atom stereocenters. The summed E-state index contributed by atoms with van der Waals surface area (Å²) in [7, 11) is 4.50. The Hall–Kier alpha value is -4.90. The summed E-state index contributed by atoms with van der Waals surface area (Å²) < 4.78 is 10.2. The molecular formula is C38H54N8O7S. The Balaban J connectivity index is 0.00000103. The van der Waals surface area contributed by atoms with Crippen LogP contribution in [0.1, 0.15) is 64.0 Å². The molecule has 0 radical (unpaired) electrons. The Morgan fingerprint density at radius 1 is 0.870 bits per heavy atom. The molecule has 15 nitrogen and oxygen atoms in total. The van der Waals surface area contributed by atoms with Crippen molar-refractivity contribution in [2.75, 3.05) is 34.3 Å². The number of nitrogens with one attached hydrogen (secondary N) is 3. The number of carbonyl (C=O) groups excluding carboxylic acids is 3. The molecule has 4 aromatic rings. The highest BCUT2D eigenvalue weighted by molar-refractivity contribution is 7.99. The Labute approximate surface area is 320 Å². The first-order chi connectivity index (χ1) is 25.9. The molecule has 0 saturated heterocycles. The number of unbranched alkanes of at least 4 members (excludes halogenated alkanes) is 2. The number of rotatable bonds is 16. The van der Waals surface area contributed by atoms with E-state index >= 15 is 0 Å². The van der Waals surface area contributed by atoms with E-state index in [0.29, 0.717) is 13.1 Å². The third-order valence-electron chi connectivity index (χ3n) is 8.10. The number of nitrogens with zero attached hydrogens (tertiary/aromatic N) is 3. The van der Waals surface area contributed by atoms with Crippen molar-refractivity contribution in [2.45, 2.75) is 87.2 Å². The minimum absolute atomic E-state index is 0.0401. The van der Waals surface area contributed by atoms with Crippen LogP contribution in [-0.4, -0.2) is 99.5 Å². The summed E-state index contributed by atoms with van der Waals surface area (Å²) in [5.74, 6) is 3.26. The van der Waals surface area contributed by atoms with Gasteiger partial charge in [0.2, 0.25) is 11.8 Å². The average molecular weight is 767 g/mol. The Morgan fingerprint density at radius 3 is 2.04 bits per heavy atom. The van der Waals surface area contributed by atoms with Crippen molar-refractivity contribution in [3.05, 3.63) is 60.4 Å². The highest BCUT2D eigenvalue weighted by atomic mass is 32.2. The molecule has 0 bridgehead atoms. The van der Waals surface area contributed by atoms with Crippen molar-refractivity contribution >= 4 is 29.7 Å². The predicted molar refractivity (Wildman–Crippen MR) is 208 cm³/mol. The van der Waals surface area contributed by atoms with Crippen molar-refractivity contribution in [3.63, 3.8) is 0 Å². The van der Waals surface area contributed by atoms with E-state index in [1.807, 2.05) is 30.6 Å². The number of nitrogens with two attached hydrogens (primary N) is 2. The van der Waals surface area contributed by atoms with Gasteiger partial charge in [-0.2, -0.15) is 0 Å². The molecule has 0 saturated carbocycles. The number of carbonyl (C=O) groups is 3. The van der Waals surface area contributed by atoms with Crippen LogP contribution in [0.25, 0.3) is 22.5 Å². The third-order valence-corrected chi connectivity index (χ3v) is 9.20. The molecule has 0 fully saturated rings. The van der Waals surface area contributed by atoms with Crippen LogP contribution in [0.2, 0.25) is 0 Å². The van der Waals surface area contributed by atoms with Gasteiger partial charge >= 0.3 is 6.09 Å². The van der Waals surface area contributed by atoms with Gasteiger partial charge in [-0.1, -0.05) is 17.8 Å². The molecule has 2 atom stereocenters. The highest BCUT2D eigenvalue weighted by Crippen LogP contribution is 2.49. The van der Waals surface area contributed by atoms with E-state index in [0.717, 1.165) is 94.0 Å². The zero-order chi connectivity index (χ0) is 39.6. The number of aliphatic hydroxyl groups is 2. The number of aliphatic hydroxyl groups excluding tert-OH is 2. The predicted octanol–water partition coefficient (Wildman–Crippen LogP) is 4.77. The molecule has 3 amide bonds. The molecule has 3 heterocycles. The maximum absolute atomic E-state index is 12.0. The maximum atomic E-state index is 12.0. The Kier molecular flexibility index (Phi) is 18.0. The van der Waals surface area contributed by atoms with Crippen LogP contribution < -0.4 is 21.5 Å². The summed E-state index contributed by atoms with van der Waals surface area (Å²) >= 11 is 1.68. The number of hydrogen-bond acceptors (Lipinski definition) is 11. The fraction of sp³-hybridized carbons (Fsp3) is 0.447. The normalized spacial score (nSPS) is 12.3. The Bertz CT molecular complexity index is 1790. The Morgan fingerprint density at radius 2 is 1.44 bits per heavy atom. The number of aromatic nitrogens is 4. The molecule has 16 heteroatoms. The van der Waals surface area contributed by atoms with Crippen molar-refractivity contribution in [1.82, 2.24) is 30.2 Å². The van der Waals surface area contributed by atoms with Gasteiger partial charge in [0.25, 0.3) is 0 Å². The lowest BCUT2D eigenvalue weighted by atomic mass is 10.1. The number of hydrogen-bond donors (Lipinski definition) is 7. The lowest BCUT2D eigenvalue weighted by Gasteiger charge is -2.20. The fourth-order valence-electron chi connectivity index (χ4n) is 5.35. The second-order valence-corrected chi connectivity index (χ2v) is 13.8. The van der Waals surface area contributed by atoms with E-state index < -0.39 is 18.3 Å². The zero-order valence-electron chi connectivity index (χ0n) is 31.7. The van der Waals surface area contributed by atoms with Crippen LogP contribution in [-0.2, 0) is 27.2 Å². The van der Waals surface area contributed by atoms with Crippen LogP contribution in [0, 0.1) is 0 Å². The van der Waals surface area contributed by atoms with Gasteiger partial charge in [0.1, 0.15) is 23.1 Å². The molecule has 1 aliphatic rings. The first kappa shape index (κ1) is 43.5. The summed E-state index contributed by atoms with van der Waals surface area (Å²) in [4.78, 5) is 52.8. The zero-order valence-corrected chi connectivity index (χ0v) is 32.5. The molecular weight excluding hydrogens is 713 g/mol. The molecule has 54 heavy (non-hydrogen) atoms. The summed E-state index contributed by atoms with van der Waals surface area (Å²) in [6.07, 6.45) is 7.05. The van der Waals surface area contributed by atoms with Crippen molar-refractivity contribution < 1.29 is 34.1 Å². The van der Waals surface area contributed by atoms with Crippen LogP contribution in [0.4, 0.5) is 4.79 Å². The number of aryl methyl sites for hydroxylation is 2. The topological polar surface area (TPSA) is 235 Å². The van der Waals surface area contributed by atoms with E-state index in [1.165, 1.54) is 14.2 Å². The first-order valence-electron chi connectivity index (χ1n) is 17.9. The van der Waals surface area contributed by atoms with Crippen LogP contribution >= 0.6 is 11.8 Å². The monoisotopic (exact) mass is 766 g/mol. The number of H-pyrrole nitrogens is 2. The number of ether oxygens (including phenoxy) is 2. The van der Waals surface area contributed by atoms with Crippen LogP contribution in [0.5, 0.6) is 11.5 Å². The van der Waals surface area contributed by atoms with Crippen LogP contribution in [0.3, 0.4) is 0 Å². The number of aromatic amines is 2. The summed E-state index contributed by atoms with van der Waals surface area (Å²) in [6, 6.07) is 12.3. The minimum atomic E-state index is -0.745. The molecule has 0 aliphatic carbocycles. The van der Waals surface area contributed by atoms with Gasteiger partial charge in [0.05, 0.1) is 65.7 Å². The summed E-state index contributed by atoms with van der Waals surface area (Å²) in [5.41, 5.74) is 12.8. The number of benzene rings is 2. The van der Waals surface area contributed by atoms with Gasteiger partial charge in [0, 0.05) is 44.1 Å². The summed E-state index contributed by atoms with van der Waals surface area (Å²) in [5, 5.41) is 21.5. The minimum Gasteiger partial charge on any atom is -0.455 e. The maximum Gasteiger partial charge on any atom is 0.404 e. The number of methoxy groups -OCH3 is 1. The van der Waals surface area contributed by atoms with E-state index in [9.17, 15) is 24.6 Å². The second-order valence-electron chi connectivity index (χ2n) is 12.7. The van der Waals surface area contributed by atoms with E-state index in [4.69, 9.17) is 4.74 Å². The lowest BCUT2D eigenvalue weighted by Crippen LogP contribution is -2.30. The molecule has 5 rings (SSSR count). The van der Waals surface area contributed by atoms with Gasteiger partial charge in [-0.15, -0.1) is 0 Å². The molecule has 0 spiro atoms. The second kappa shape index (κ2) is 22.3. The van der Waals surface area contributed by atoms with Gasteiger partial charge < -0.3 is 51.3 Å². The molecule has 2 aromatic carbocycles. The molecule has 294 valence electrons. The quantitative estimate of drug-likeness (QED) is 0.0676. The third kappa shape index (κ3) is 14.2. The smallest absolute Gasteiger partial charge is 0.404 e. The van der Waals surface area contributed by atoms with E-state index in [-0.39, 0.29) is 24.7 Å². The highest BCUT2D eigenvalue weighted by Gasteiger charge is 2.20. The largest absolute Gasteiger partial charge is 0.455 e. The number of fused-ring (bicyclic) bond motifs is 2. The van der Waals surface area contributed by atoms with E-state index in [2.05, 4.69) is 59.7 Å². The van der Waals surface area contributed by atoms with Crippen molar-refractivity contribution in [1.29, 1.82) is 0 Å². The van der Waals surface area contributed by atoms with E-state index in [1.54, 1.807) is 37.6 Å². The SMILES string of the molecule is CC(O)CC(=O)NCCCCc1ncc(-c2ccc3c(c2)Sc2ccc(-c4cnc(CCCCN(C)C(=O)CC(C)O)[nH]4)cc2O3)[nH]1.CN.COC(N)=O. The van der Waals surface area contributed by atoms with Gasteiger partial charge in [-0.3, -0.25) is 9.59 Å². The van der Waals surface area contributed by atoms with Gasteiger partial charge in [-0.25, -0.2) is 14.8 Å². The molecule has 1 aliphatic heterocycles. The van der Waals surface area contributed by atoms with Gasteiger partial charge in [-0.05, 0) is 76.9 Å². The van der Waals surface area contributed by atoms with Crippen molar-refractivity contribution in [2.24, 2.45) is 11.5 Å². The standard InChI is InChI=1S/C35H44N6O5S.C2H5NO2.CH5N/c1-22(42)16-34(44)36-14-6-4-8-32-38-21-27(40-32)25-10-12-28-31(19-25)47-30-13-11-24(18-29(30)46-28)26-20-37-33(39-26)9-5-7-15-41(3)35(45)17-23(2)43;1-5-2(3)4;1-2/h10-13,18-23,42-43H,4-9,14-17H2,1-3H3,(H,36,44)(H,37,39)(H,38,40);1H3,(H2,3,4);2H2,1H3. The average Bonchev–Trinajstić information content (AvgIpc) is 3.83.